The molecule has 1 unspecified atom stereocenters. The van der Waals surface area contributed by atoms with Crippen molar-refractivity contribution in [1.82, 2.24) is 0 Å². The van der Waals surface area contributed by atoms with Gasteiger partial charge < -0.3 is 14.3 Å². The van der Waals surface area contributed by atoms with Crippen LogP contribution in [0.25, 0.3) is 0 Å². The maximum Gasteiger partial charge on any atom is 0.536 e. The van der Waals surface area contributed by atoms with Gasteiger partial charge in [-0.1, -0.05) is 12.2 Å². The number of allylic oxidation sites excluding steroid dienone is 4. The van der Waals surface area contributed by atoms with Crippen LogP contribution in [0.15, 0.2) is 24.0 Å². The molecule has 0 aliphatic heterocycles. The van der Waals surface area contributed by atoms with Crippen molar-refractivity contribution in [3.8, 4) is 0 Å². The lowest BCUT2D eigenvalue weighted by Crippen LogP contribution is -1.96. The van der Waals surface area contributed by atoms with Gasteiger partial charge in [-0.3, -0.25) is 4.89 Å². The van der Waals surface area contributed by atoms with E-state index in [1.165, 1.54) is 6.08 Å². The molecule has 0 saturated heterocycles. The molecule has 0 spiro atoms. The van der Waals surface area contributed by atoms with Crippen LogP contribution in [-0.2, 0) is 18.0 Å². The number of hydrogen-bond acceptors (Lipinski definition) is 4. The van der Waals surface area contributed by atoms with Gasteiger partial charge in [0.1, 0.15) is 5.76 Å². The lowest BCUT2D eigenvalue weighted by molar-refractivity contribution is 0.205. The van der Waals surface area contributed by atoms with Crippen molar-refractivity contribution in [3.05, 3.63) is 24.0 Å². The highest BCUT2D eigenvalue weighted by atomic mass is 31.3. The van der Waals surface area contributed by atoms with Crippen LogP contribution >= 0.6 is 15.6 Å². The Morgan fingerprint density at radius 3 is 2.40 bits per heavy atom. The van der Waals surface area contributed by atoms with E-state index in [1.54, 1.807) is 6.08 Å². The number of hydrogen-bond donors (Lipinski definition) is 3. The summed E-state index contributed by atoms with van der Waals surface area (Å²) in [5, 5.41) is 0. The minimum absolute atomic E-state index is 0.150. The Kier molecular flexibility index (Phi) is 3.89. The Labute approximate surface area is 85.9 Å². The molecule has 1 rings (SSSR count). The molecule has 0 aromatic rings. The maximum absolute atomic E-state index is 11.1. The largest absolute Gasteiger partial charge is 0.536 e. The first-order valence-corrected chi connectivity index (χ1v) is 6.96. The number of phosphoric ester groups is 1. The summed E-state index contributed by atoms with van der Waals surface area (Å²) in [6.45, 7) is 0. The van der Waals surface area contributed by atoms with Crippen LogP contribution in [0.5, 0.6) is 0 Å². The van der Waals surface area contributed by atoms with Crippen molar-refractivity contribution in [3.63, 3.8) is 0 Å². The zero-order valence-electron chi connectivity index (χ0n) is 7.52. The summed E-state index contributed by atoms with van der Waals surface area (Å²) in [6.07, 6.45) is 5.86. The Bertz CT molecular complexity index is 379. The highest BCUT2D eigenvalue weighted by Gasteiger charge is 2.34. The maximum atomic E-state index is 11.1. The minimum atomic E-state index is -5.04. The summed E-state index contributed by atoms with van der Waals surface area (Å²) in [5.41, 5.74) is 0. The van der Waals surface area contributed by atoms with E-state index in [1.807, 2.05) is 6.08 Å². The van der Waals surface area contributed by atoms with Crippen LogP contribution in [0.3, 0.4) is 0 Å². The molecule has 1 aliphatic carbocycles. The van der Waals surface area contributed by atoms with Crippen molar-refractivity contribution < 1.29 is 32.6 Å². The molecule has 86 valence electrons. The second kappa shape index (κ2) is 4.61. The number of phosphoric acid groups is 2. The van der Waals surface area contributed by atoms with Crippen LogP contribution in [0.2, 0.25) is 0 Å². The first-order valence-electron chi connectivity index (χ1n) is 3.93. The van der Waals surface area contributed by atoms with Crippen molar-refractivity contribution >= 4 is 15.6 Å². The third kappa shape index (κ3) is 5.28. The molecule has 0 aromatic heterocycles. The third-order valence-corrected chi connectivity index (χ3v) is 3.56. The molecule has 7 nitrogen and oxygen atoms in total. The molecule has 0 saturated carbocycles. The summed E-state index contributed by atoms with van der Waals surface area (Å²) in [6, 6.07) is 0. The van der Waals surface area contributed by atoms with Gasteiger partial charge in [0.2, 0.25) is 0 Å². The van der Waals surface area contributed by atoms with Crippen molar-refractivity contribution in [2.45, 2.75) is 12.8 Å². The fraction of sp³-hybridized carbons (Fsp3) is 0.333. The van der Waals surface area contributed by atoms with Gasteiger partial charge in [0.15, 0.2) is 0 Å². The second-order valence-electron chi connectivity index (χ2n) is 2.73. The van der Waals surface area contributed by atoms with Crippen molar-refractivity contribution in [2.75, 3.05) is 0 Å². The molecule has 0 aromatic carbocycles. The second-order valence-corrected chi connectivity index (χ2v) is 5.49. The fourth-order valence-electron chi connectivity index (χ4n) is 0.956. The van der Waals surface area contributed by atoms with Gasteiger partial charge in [0, 0.05) is 6.42 Å². The first-order chi connectivity index (χ1) is 6.79. The molecule has 15 heavy (non-hydrogen) atoms. The summed E-state index contributed by atoms with van der Waals surface area (Å²) in [7, 11) is -9.79. The van der Waals surface area contributed by atoms with E-state index >= 15 is 0 Å². The fourth-order valence-corrected chi connectivity index (χ4v) is 2.61. The molecule has 0 fully saturated rings. The molecule has 0 bridgehead atoms. The molecular formula is C6H10O7P2. The molecule has 0 amide bonds. The average molecular weight is 256 g/mol. The van der Waals surface area contributed by atoms with Gasteiger partial charge in [0.25, 0.3) is 0 Å². The quantitative estimate of drug-likeness (QED) is 0.652. The average Bonchev–Trinajstić information content (AvgIpc) is 1.99. The molecule has 0 heterocycles. The standard InChI is InChI=1S/C6H10O7P2/c7-14(8,9)13-15(10,11)12-6-4-2-1-3-5-6/h1-2,4H,3,5H2,(H,10,11)(H2,7,8,9). The Morgan fingerprint density at radius 2 is 1.93 bits per heavy atom. The van der Waals surface area contributed by atoms with E-state index in [4.69, 9.17) is 14.7 Å². The first kappa shape index (κ1) is 12.6. The highest BCUT2D eigenvalue weighted by molar-refractivity contribution is 7.60. The Morgan fingerprint density at radius 1 is 1.27 bits per heavy atom. The van der Waals surface area contributed by atoms with Crippen LogP contribution < -0.4 is 0 Å². The molecule has 1 atom stereocenters. The van der Waals surface area contributed by atoms with Gasteiger partial charge >= 0.3 is 15.6 Å². The van der Waals surface area contributed by atoms with Gasteiger partial charge in [-0.25, -0.2) is 9.13 Å². The van der Waals surface area contributed by atoms with Crippen molar-refractivity contribution in [1.29, 1.82) is 0 Å². The minimum Gasteiger partial charge on any atom is -0.408 e. The van der Waals surface area contributed by atoms with E-state index in [-0.39, 0.29) is 5.76 Å². The summed E-state index contributed by atoms with van der Waals surface area (Å²) in [5.74, 6) is 0.150. The predicted octanol–water partition coefficient (Wildman–Crippen LogP) is 1.45. The SMILES string of the molecule is O=P(O)(O)OP(=O)(O)OC1=CC=CCC1. The van der Waals surface area contributed by atoms with E-state index in [9.17, 15) is 9.13 Å². The smallest absolute Gasteiger partial charge is 0.408 e. The van der Waals surface area contributed by atoms with Gasteiger partial charge in [-0.05, 0) is 12.5 Å². The lowest BCUT2D eigenvalue weighted by atomic mass is 10.2. The van der Waals surface area contributed by atoms with Gasteiger partial charge in [0.05, 0.1) is 0 Å². The summed E-state index contributed by atoms with van der Waals surface area (Å²) < 4.78 is 29.4. The monoisotopic (exact) mass is 256 g/mol. The van der Waals surface area contributed by atoms with Crippen molar-refractivity contribution in [2.24, 2.45) is 0 Å². The lowest BCUT2D eigenvalue weighted by Gasteiger charge is -2.16. The molecule has 1 aliphatic rings. The molecule has 9 heteroatoms. The van der Waals surface area contributed by atoms with E-state index < -0.39 is 15.6 Å². The molecule has 0 radical (unpaired) electrons. The van der Waals surface area contributed by atoms with Gasteiger partial charge in [-0.15, -0.1) is 0 Å². The van der Waals surface area contributed by atoms with Gasteiger partial charge in [-0.2, -0.15) is 4.31 Å². The zero-order valence-corrected chi connectivity index (χ0v) is 9.30. The normalized spacial score (nSPS) is 20.6. The van der Waals surface area contributed by atoms with Crippen LogP contribution in [0, 0.1) is 0 Å². The van der Waals surface area contributed by atoms with Crippen LogP contribution in [-0.4, -0.2) is 14.7 Å². The number of rotatable bonds is 4. The van der Waals surface area contributed by atoms with Crippen LogP contribution in [0.1, 0.15) is 12.8 Å². The topological polar surface area (TPSA) is 113 Å². The zero-order chi connectivity index (χ0) is 11.5. The van der Waals surface area contributed by atoms with E-state index in [0.717, 1.165) is 0 Å². The van der Waals surface area contributed by atoms with Crippen LogP contribution in [0.4, 0.5) is 0 Å². The molecule has 3 N–H and O–H groups in total. The summed E-state index contributed by atoms with van der Waals surface area (Å²) in [4.78, 5) is 25.6. The van der Waals surface area contributed by atoms with E-state index in [2.05, 4.69) is 8.83 Å². The Hall–Kier alpha value is -0.420. The summed E-state index contributed by atoms with van der Waals surface area (Å²) >= 11 is 0. The Balaban J connectivity index is 2.64. The predicted molar refractivity (Wildman–Crippen MR) is 50.5 cm³/mol. The highest BCUT2D eigenvalue weighted by Crippen LogP contribution is 2.58. The van der Waals surface area contributed by atoms with E-state index in [0.29, 0.717) is 12.8 Å². The third-order valence-electron chi connectivity index (χ3n) is 1.42. The molecular weight excluding hydrogens is 246 g/mol.